The highest BCUT2D eigenvalue weighted by Gasteiger charge is 2.37. The monoisotopic (exact) mass is 282 g/mol. The molecule has 1 aromatic rings. The van der Waals surface area contributed by atoms with Gasteiger partial charge < -0.3 is 5.11 Å². The minimum absolute atomic E-state index is 0.0651. The average Bonchev–Trinajstić information content (AvgIpc) is 2.38. The molecule has 1 saturated heterocycles. The zero-order valence-corrected chi connectivity index (χ0v) is 10.8. The molecular weight excluding hydrogens is 268 g/mol. The molecule has 1 fully saturated rings. The number of hydrogen-bond donors (Lipinski definition) is 1. The lowest BCUT2D eigenvalue weighted by atomic mass is 9.41. The Balaban J connectivity index is 2.09. The van der Waals surface area contributed by atoms with Crippen molar-refractivity contribution in [3.63, 3.8) is 0 Å². The molecule has 1 aromatic heterocycles. The van der Waals surface area contributed by atoms with Crippen molar-refractivity contribution in [2.75, 3.05) is 0 Å². The third kappa shape index (κ3) is 3.51. The topological polar surface area (TPSA) is 56.9 Å². The number of aromatic nitrogens is 1. The van der Waals surface area contributed by atoms with E-state index in [1.807, 2.05) is 0 Å². The van der Waals surface area contributed by atoms with Crippen molar-refractivity contribution in [2.45, 2.75) is 43.7 Å². The zero-order chi connectivity index (χ0) is 14.8. The molecule has 0 amide bonds. The molecular formula is C13H14BF3N2O. The second-order valence-corrected chi connectivity index (χ2v) is 5.32. The van der Waals surface area contributed by atoms with Crippen LogP contribution in [-0.2, 0) is 12.6 Å². The largest absolute Gasteiger partial charge is 0.433 e. The van der Waals surface area contributed by atoms with Crippen molar-refractivity contribution in [1.29, 1.82) is 5.26 Å². The van der Waals surface area contributed by atoms with Gasteiger partial charge in [0.25, 0.3) is 6.71 Å². The molecule has 106 valence electrons. The van der Waals surface area contributed by atoms with Crippen molar-refractivity contribution in [1.82, 2.24) is 4.98 Å². The lowest BCUT2D eigenvalue weighted by molar-refractivity contribution is -0.141. The molecule has 0 saturated carbocycles. The summed E-state index contributed by atoms with van der Waals surface area (Å²) in [4.78, 5) is 3.57. The first-order valence-corrected chi connectivity index (χ1v) is 6.47. The molecule has 7 heteroatoms. The normalized spacial score (nSPS) is 18.6. The molecule has 2 rings (SSSR count). The summed E-state index contributed by atoms with van der Waals surface area (Å²) in [6.45, 7) is -0.0651. The number of pyridine rings is 1. The Bertz CT molecular complexity index is 519. The Morgan fingerprint density at radius 3 is 2.55 bits per heavy atom. The summed E-state index contributed by atoms with van der Waals surface area (Å²) in [6.07, 6.45) is -2.39. The van der Waals surface area contributed by atoms with Crippen LogP contribution in [0, 0.1) is 11.2 Å². The number of rotatable bonds is 2. The van der Waals surface area contributed by atoms with E-state index in [9.17, 15) is 18.3 Å². The maximum Gasteiger partial charge on any atom is 0.433 e. The first-order valence-electron chi connectivity index (χ1n) is 6.47. The summed E-state index contributed by atoms with van der Waals surface area (Å²) in [5, 5.41) is 19.2. The summed E-state index contributed by atoms with van der Waals surface area (Å²) < 4.78 is 37.7. The predicted molar refractivity (Wildman–Crippen MR) is 68.1 cm³/mol. The van der Waals surface area contributed by atoms with Gasteiger partial charge in [0, 0.05) is 18.1 Å². The van der Waals surface area contributed by atoms with Gasteiger partial charge in [-0.25, -0.2) is 10.2 Å². The van der Waals surface area contributed by atoms with E-state index in [1.165, 1.54) is 12.1 Å². The molecule has 0 spiro atoms. The fourth-order valence-corrected chi connectivity index (χ4v) is 2.53. The maximum atomic E-state index is 12.6. The molecule has 1 N–H and O–H groups in total. The van der Waals surface area contributed by atoms with Crippen molar-refractivity contribution in [3.05, 3.63) is 29.6 Å². The van der Waals surface area contributed by atoms with E-state index < -0.39 is 17.5 Å². The lowest BCUT2D eigenvalue weighted by Gasteiger charge is -2.32. The Labute approximate surface area is 115 Å². The first kappa shape index (κ1) is 14.9. The highest BCUT2D eigenvalue weighted by atomic mass is 19.4. The number of aliphatic hydroxyl groups is 1. The molecule has 0 aliphatic carbocycles. The number of alkyl halides is 3. The van der Waals surface area contributed by atoms with Gasteiger partial charge in [0.2, 0.25) is 0 Å². The summed E-state index contributed by atoms with van der Waals surface area (Å²) in [5.41, 5.74) is -1.76. The summed E-state index contributed by atoms with van der Waals surface area (Å²) in [5.74, 6) is 2.16. The Morgan fingerprint density at radius 2 is 2.00 bits per heavy atom. The van der Waals surface area contributed by atoms with Crippen LogP contribution in [0.3, 0.4) is 0 Å². The number of hydrogen-bond acceptors (Lipinski definition) is 3. The van der Waals surface area contributed by atoms with Gasteiger partial charge in [0.1, 0.15) is 5.69 Å². The van der Waals surface area contributed by atoms with Crippen molar-refractivity contribution < 1.29 is 18.3 Å². The van der Waals surface area contributed by atoms with Crippen molar-refractivity contribution in [2.24, 2.45) is 0 Å². The van der Waals surface area contributed by atoms with Crippen LogP contribution in [-0.4, -0.2) is 22.4 Å². The van der Waals surface area contributed by atoms with Crippen LogP contribution in [0.5, 0.6) is 0 Å². The zero-order valence-electron chi connectivity index (χ0n) is 10.8. The number of nitriles is 1. The Kier molecular flexibility index (Phi) is 4.05. The molecule has 3 nitrogen and oxygen atoms in total. The minimum atomic E-state index is -4.48. The minimum Gasteiger partial charge on any atom is -0.390 e. The van der Waals surface area contributed by atoms with Crippen molar-refractivity contribution in [3.8, 4) is 5.97 Å². The van der Waals surface area contributed by atoms with Gasteiger partial charge >= 0.3 is 6.18 Å². The molecule has 1 aliphatic rings. The average molecular weight is 282 g/mol. The van der Waals surface area contributed by atoms with Crippen LogP contribution in [0.1, 0.15) is 24.2 Å². The predicted octanol–water partition coefficient (Wildman–Crippen LogP) is 2.73. The Morgan fingerprint density at radius 1 is 1.35 bits per heavy atom. The van der Waals surface area contributed by atoms with E-state index in [4.69, 9.17) is 5.26 Å². The summed E-state index contributed by atoms with van der Waals surface area (Å²) in [7, 11) is 0. The molecule has 1 aliphatic heterocycles. The van der Waals surface area contributed by atoms with Gasteiger partial charge in [0.05, 0.1) is 5.60 Å². The standard InChI is InChI=1S/C13H14BF3N2O/c15-13(16,17)11-3-1-2-10(19-11)8-12(20)4-6-14(9-18)7-5-12/h1-3,20H,4-8H2. The first-order chi connectivity index (χ1) is 9.32. The molecule has 0 radical (unpaired) electrons. The summed E-state index contributed by atoms with van der Waals surface area (Å²) >= 11 is 0. The molecule has 0 atom stereocenters. The molecule has 0 unspecified atom stereocenters. The van der Waals surface area contributed by atoms with Gasteiger partial charge in [-0.3, -0.25) is 0 Å². The van der Waals surface area contributed by atoms with Gasteiger partial charge in [-0.15, -0.1) is 0 Å². The second-order valence-electron chi connectivity index (χ2n) is 5.32. The van der Waals surface area contributed by atoms with Gasteiger partial charge in [-0.2, -0.15) is 13.2 Å². The third-order valence-corrected chi connectivity index (χ3v) is 3.71. The van der Waals surface area contributed by atoms with E-state index in [2.05, 4.69) is 11.0 Å². The lowest BCUT2D eigenvalue weighted by Crippen LogP contribution is -2.38. The van der Waals surface area contributed by atoms with Gasteiger partial charge in [-0.1, -0.05) is 18.7 Å². The fraction of sp³-hybridized carbons (Fsp3) is 0.538. The molecule has 0 aromatic carbocycles. The maximum absolute atomic E-state index is 12.6. The second kappa shape index (κ2) is 5.45. The molecule has 0 bridgehead atoms. The van der Waals surface area contributed by atoms with Gasteiger partial charge in [-0.05, 0) is 25.0 Å². The number of nitrogens with zero attached hydrogens (tertiary/aromatic N) is 2. The highest BCUT2D eigenvalue weighted by Crippen LogP contribution is 2.33. The molecule has 2 heterocycles. The number of halogens is 3. The van der Waals surface area contributed by atoms with Crippen LogP contribution in [0.15, 0.2) is 18.2 Å². The van der Waals surface area contributed by atoms with Crippen molar-refractivity contribution >= 4 is 6.71 Å². The van der Waals surface area contributed by atoms with Crippen LogP contribution < -0.4 is 0 Å². The summed E-state index contributed by atoms with van der Waals surface area (Å²) in [6, 6.07) is 3.71. The third-order valence-electron chi connectivity index (χ3n) is 3.71. The SMILES string of the molecule is N#CB1CCC(O)(Cc2cccc(C(F)(F)F)n2)CC1. The molecule has 20 heavy (non-hydrogen) atoms. The van der Waals surface area contributed by atoms with Crippen LogP contribution in [0.2, 0.25) is 12.6 Å². The fourth-order valence-electron chi connectivity index (χ4n) is 2.53. The smallest absolute Gasteiger partial charge is 0.390 e. The van der Waals surface area contributed by atoms with E-state index >= 15 is 0 Å². The highest BCUT2D eigenvalue weighted by molar-refractivity contribution is 6.67. The van der Waals surface area contributed by atoms with E-state index in [0.29, 0.717) is 25.5 Å². The van der Waals surface area contributed by atoms with E-state index in [0.717, 1.165) is 6.07 Å². The van der Waals surface area contributed by atoms with E-state index in [1.54, 1.807) is 0 Å². The van der Waals surface area contributed by atoms with Crippen LogP contribution in [0.25, 0.3) is 0 Å². The van der Waals surface area contributed by atoms with E-state index in [-0.39, 0.29) is 18.8 Å². The Hall–Kier alpha value is -1.55. The van der Waals surface area contributed by atoms with Crippen LogP contribution >= 0.6 is 0 Å². The van der Waals surface area contributed by atoms with Gasteiger partial charge in [0.15, 0.2) is 0 Å². The van der Waals surface area contributed by atoms with Crippen LogP contribution in [0.4, 0.5) is 13.2 Å². The quantitative estimate of drug-likeness (QED) is 0.848.